The molecule has 1 aliphatic rings. The molecule has 1 N–H and O–H groups in total. The smallest absolute Gasteiger partial charge is 0.245 e. The Morgan fingerprint density at radius 2 is 1.88 bits per heavy atom. The molecule has 0 aliphatic carbocycles. The van der Waals surface area contributed by atoms with Crippen LogP contribution in [-0.2, 0) is 14.8 Å². The van der Waals surface area contributed by atoms with Crippen molar-refractivity contribution in [1.29, 1.82) is 0 Å². The van der Waals surface area contributed by atoms with Crippen LogP contribution < -0.4 is 5.32 Å². The minimum absolute atomic E-state index is 0.0653. The average molecular weight is 509 g/mol. The van der Waals surface area contributed by atoms with Gasteiger partial charge in [0.05, 0.1) is 19.9 Å². The van der Waals surface area contributed by atoms with Gasteiger partial charge in [0.15, 0.2) is 5.13 Å². The van der Waals surface area contributed by atoms with Crippen LogP contribution in [0.3, 0.4) is 0 Å². The summed E-state index contributed by atoms with van der Waals surface area (Å²) in [6.07, 6.45) is 0.572. The number of benzene rings is 2. The summed E-state index contributed by atoms with van der Waals surface area (Å²) in [7, 11) is -4.11. The van der Waals surface area contributed by atoms with E-state index in [0.29, 0.717) is 11.2 Å². The van der Waals surface area contributed by atoms with Crippen molar-refractivity contribution in [1.82, 2.24) is 14.3 Å². The predicted octanol–water partition coefficient (Wildman–Crippen LogP) is 4.53. The maximum Gasteiger partial charge on any atom is 0.245 e. The number of nitrogens with one attached hydrogen (secondary N) is 1. The Bertz CT molecular complexity index is 1490. The summed E-state index contributed by atoms with van der Waals surface area (Å²) in [6, 6.07) is 6.25. The van der Waals surface area contributed by atoms with Crippen LogP contribution in [0.25, 0.3) is 20.4 Å². The first-order valence-electron chi connectivity index (χ1n) is 10.1. The number of hydrogen-bond donors (Lipinski definition) is 1. The first kappa shape index (κ1) is 22.3. The van der Waals surface area contributed by atoms with Gasteiger partial charge < -0.3 is 5.32 Å². The van der Waals surface area contributed by atoms with E-state index >= 15 is 0 Å². The second-order valence-electron chi connectivity index (χ2n) is 7.75. The Morgan fingerprint density at radius 1 is 1.12 bits per heavy atom. The van der Waals surface area contributed by atoms with Crippen molar-refractivity contribution in [2.24, 2.45) is 5.92 Å². The second-order valence-corrected chi connectivity index (χ2v) is 11.9. The van der Waals surface area contributed by atoms with Gasteiger partial charge in [0.25, 0.3) is 0 Å². The molecule has 2 aromatic carbocycles. The van der Waals surface area contributed by atoms with Crippen molar-refractivity contribution in [2.45, 2.75) is 24.7 Å². The number of sulfonamides is 1. The summed E-state index contributed by atoms with van der Waals surface area (Å²) in [4.78, 5) is 21.3. The number of halogens is 2. The molecule has 0 spiro atoms. The molecule has 1 amide bonds. The van der Waals surface area contributed by atoms with Crippen LogP contribution in [0.15, 0.2) is 35.2 Å². The van der Waals surface area contributed by atoms with E-state index in [1.807, 2.05) is 19.1 Å². The van der Waals surface area contributed by atoms with Gasteiger partial charge in [-0.2, -0.15) is 4.31 Å². The normalized spacial score (nSPS) is 16.0. The average Bonchev–Trinajstić information content (AvgIpc) is 3.35. The van der Waals surface area contributed by atoms with Crippen LogP contribution in [0, 0.1) is 24.5 Å². The Kier molecular flexibility index (Phi) is 5.63. The number of nitrogens with zero attached hydrogens (tertiary/aromatic N) is 3. The molecule has 172 valence electrons. The minimum Gasteiger partial charge on any atom is -0.302 e. The highest BCUT2D eigenvalue weighted by Crippen LogP contribution is 2.35. The molecule has 1 aliphatic heterocycles. The van der Waals surface area contributed by atoms with E-state index in [1.54, 1.807) is 11.3 Å². The fraction of sp³-hybridized carbons (Fsp3) is 0.286. The summed E-state index contributed by atoms with van der Waals surface area (Å²) >= 11 is 2.96. The predicted molar refractivity (Wildman–Crippen MR) is 124 cm³/mol. The topological polar surface area (TPSA) is 92.3 Å². The summed E-state index contributed by atoms with van der Waals surface area (Å²) in [5.41, 5.74) is 1.63. The molecule has 0 bridgehead atoms. The monoisotopic (exact) mass is 508 g/mol. The van der Waals surface area contributed by atoms with Gasteiger partial charge in [-0.1, -0.05) is 11.3 Å². The summed E-state index contributed by atoms with van der Waals surface area (Å²) in [5.74, 6) is -2.61. The van der Waals surface area contributed by atoms with Crippen molar-refractivity contribution in [3.63, 3.8) is 0 Å². The maximum atomic E-state index is 14.0. The zero-order valence-corrected chi connectivity index (χ0v) is 19.8. The standard InChI is InChI=1S/C21H18F2N4O3S3/c1-11-24-18-16(31-11)4-3-15-19(18)32-21(25-15)26-20(28)12-6-8-27(9-7-12)33(29,30)17-5-2-13(22)10-14(17)23/h2-5,10,12H,6-9H2,1H3,(H,25,26,28). The maximum absolute atomic E-state index is 14.0. The Hall–Kier alpha value is -2.54. The van der Waals surface area contributed by atoms with E-state index in [1.165, 1.54) is 11.3 Å². The van der Waals surface area contributed by atoms with Crippen LogP contribution in [-0.4, -0.2) is 41.7 Å². The third kappa shape index (κ3) is 4.12. The quantitative estimate of drug-likeness (QED) is 0.437. The summed E-state index contributed by atoms with van der Waals surface area (Å²) in [5, 5.41) is 4.27. The Morgan fingerprint density at radius 3 is 2.61 bits per heavy atom. The third-order valence-electron chi connectivity index (χ3n) is 5.59. The van der Waals surface area contributed by atoms with Gasteiger partial charge in [-0.15, -0.1) is 11.3 Å². The van der Waals surface area contributed by atoms with E-state index in [9.17, 15) is 22.0 Å². The minimum atomic E-state index is -4.11. The van der Waals surface area contributed by atoms with Crippen LogP contribution >= 0.6 is 22.7 Å². The lowest BCUT2D eigenvalue weighted by molar-refractivity contribution is -0.120. The molecule has 0 radical (unpaired) electrons. The highest BCUT2D eigenvalue weighted by molar-refractivity contribution is 7.89. The van der Waals surface area contributed by atoms with Gasteiger partial charge in [-0.05, 0) is 44.0 Å². The van der Waals surface area contributed by atoms with Gasteiger partial charge in [0.1, 0.15) is 22.0 Å². The fourth-order valence-corrected chi connectivity index (χ4v) is 7.31. The van der Waals surface area contributed by atoms with Crippen molar-refractivity contribution < 1.29 is 22.0 Å². The van der Waals surface area contributed by atoms with Crippen molar-refractivity contribution in [3.8, 4) is 0 Å². The number of thiazole rings is 2. The molecule has 0 saturated carbocycles. The van der Waals surface area contributed by atoms with E-state index in [4.69, 9.17) is 0 Å². The molecule has 12 heteroatoms. The molecule has 33 heavy (non-hydrogen) atoms. The number of rotatable bonds is 4. The Labute approximate surface area is 196 Å². The zero-order chi connectivity index (χ0) is 23.3. The second kappa shape index (κ2) is 8.35. The molecule has 7 nitrogen and oxygen atoms in total. The van der Waals surface area contributed by atoms with E-state index in [2.05, 4.69) is 15.3 Å². The summed E-state index contributed by atoms with van der Waals surface area (Å²) in [6.45, 7) is 2.07. The molecule has 1 fully saturated rings. The number of anilines is 1. The van der Waals surface area contributed by atoms with Crippen molar-refractivity contribution >= 4 is 64.2 Å². The van der Waals surface area contributed by atoms with Crippen LogP contribution in [0.4, 0.5) is 13.9 Å². The lowest BCUT2D eigenvalue weighted by Gasteiger charge is -2.30. The molecule has 2 aromatic heterocycles. The number of carbonyl (C=O) groups is 1. The Balaban J connectivity index is 1.27. The van der Waals surface area contributed by atoms with Gasteiger partial charge >= 0.3 is 0 Å². The van der Waals surface area contributed by atoms with Crippen molar-refractivity contribution in [3.05, 3.63) is 47.0 Å². The number of amides is 1. The number of piperidine rings is 1. The molecule has 3 heterocycles. The SMILES string of the molecule is Cc1nc2c(ccc3nc(NC(=O)C4CCN(S(=O)(=O)c5ccc(F)cc5F)CC4)sc32)s1. The first-order chi connectivity index (χ1) is 15.7. The van der Waals surface area contributed by atoms with E-state index in [0.717, 1.165) is 41.9 Å². The molecule has 0 unspecified atom stereocenters. The van der Waals surface area contributed by atoms with Gasteiger partial charge in [0, 0.05) is 25.1 Å². The number of aromatic nitrogens is 2. The highest BCUT2D eigenvalue weighted by Gasteiger charge is 2.34. The highest BCUT2D eigenvalue weighted by atomic mass is 32.2. The van der Waals surface area contributed by atoms with Gasteiger partial charge in [0.2, 0.25) is 15.9 Å². The van der Waals surface area contributed by atoms with Gasteiger partial charge in [-0.3, -0.25) is 4.79 Å². The molecule has 1 saturated heterocycles. The molecule has 5 rings (SSSR count). The molecular formula is C21H18F2N4O3S3. The first-order valence-corrected chi connectivity index (χ1v) is 13.2. The van der Waals surface area contributed by atoms with E-state index < -0.39 is 32.5 Å². The zero-order valence-electron chi connectivity index (χ0n) is 17.3. The number of fused-ring (bicyclic) bond motifs is 3. The number of carbonyl (C=O) groups excluding carboxylic acids is 1. The van der Waals surface area contributed by atoms with Crippen LogP contribution in [0.2, 0.25) is 0 Å². The molecule has 4 aromatic rings. The fourth-order valence-electron chi connectivity index (χ4n) is 3.93. The largest absolute Gasteiger partial charge is 0.302 e. The van der Waals surface area contributed by atoms with Crippen LogP contribution in [0.5, 0.6) is 0 Å². The molecular weight excluding hydrogens is 490 g/mol. The van der Waals surface area contributed by atoms with Crippen molar-refractivity contribution in [2.75, 3.05) is 18.4 Å². The van der Waals surface area contributed by atoms with E-state index in [-0.39, 0.29) is 31.8 Å². The lowest BCUT2D eigenvalue weighted by atomic mass is 9.97. The van der Waals surface area contributed by atoms with Gasteiger partial charge in [-0.25, -0.2) is 27.2 Å². The van der Waals surface area contributed by atoms with Crippen LogP contribution in [0.1, 0.15) is 17.8 Å². The number of aryl methyl sites for hydroxylation is 1. The number of hydrogen-bond acceptors (Lipinski definition) is 7. The third-order valence-corrected chi connectivity index (χ3v) is 9.45. The lowest BCUT2D eigenvalue weighted by Crippen LogP contribution is -2.41. The molecule has 0 atom stereocenters. The summed E-state index contributed by atoms with van der Waals surface area (Å²) < 4.78 is 55.8.